The number of carbonyl (C=O) groups excluding carboxylic acids is 1. The van der Waals surface area contributed by atoms with E-state index >= 15 is 0 Å². The van der Waals surface area contributed by atoms with Crippen molar-refractivity contribution in [2.24, 2.45) is 13.0 Å². The average molecular weight is 234 g/mol. The van der Waals surface area contributed by atoms with Crippen molar-refractivity contribution in [3.63, 3.8) is 0 Å². The van der Waals surface area contributed by atoms with E-state index < -0.39 is 0 Å². The SMILES string of the molecule is Cn1cc(CC(=O)CCC2CCCCC2)cn1. The van der Waals surface area contributed by atoms with Crippen LogP contribution in [0.15, 0.2) is 12.4 Å². The highest BCUT2D eigenvalue weighted by atomic mass is 16.1. The number of rotatable bonds is 5. The lowest BCUT2D eigenvalue weighted by Crippen LogP contribution is -2.10. The molecule has 0 amide bonds. The zero-order valence-corrected chi connectivity index (χ0v) is 10.7. The summed E-state index contributed by atoms with van der Waals surface area (Å²) >= 11 is 0. The molecule has 3 nitrogen and oxygen atoms in total. The molecule has 0 bridgehead atoms. The van der Waals surface area contributed by atoms with E-state index in [0.29, 0.717) is 12.2 Å². The quantitative estimate of drug-likeness (QED) is 0.785. The topological polar surface area (TPSA) is 34.9 Å². The maximum atomic E-state index is 11.8. The van der Waals surface area contributed by atoms with Gasteiger partial charge in [-0.2, -0.15) is 5.10 Å². The van der Waals surface area contributed by atoms with Crippen molar-refractivity contribution >= 4 is 5.78 Å². The minimum Gasteiger partial charge on any atom is -0.299 e. The largest absolute Gasteiger partial charge is 0.299 e. The Bertz CT molecular complexity index is 364. The van der Waals surface area contributed by atoms with Crippen molar-refractivity contribution in [2.75, 3.05) is 0 Å². The zero-order valence-electron chi connectivity index (χ0n) is 10.7. The summed E-state index contributed by atoms with van der Waals surface area (Å²) in [5, 5.41) is 4.08. The fourth-order valence-electron chi connectivity index (χ4n) is 2.72. The summed E-state index contributed by atoms with van der Waals surface area (Å²) in [4.78, 5) is 11.8. The van der Waals surface area contributed by atoms with Crippen molar-refractivity contribution in [1.29, 1.82) is 0 Å². The van der Waals surface area contributed by atoms with Gasteiger partial charge >= 0.3 is 0 Å². The van der Waals surface area contributed by atoms with E-state index in [9.17, 15) is 4.79 Å². The van der Waals surface area contributed by atoms with Gasteiger partial charge in [0.1, 0.15) is 5.78 Å². The van der Waals surface area contributed by atoms with Gasteiger partial charge in [-0.3, -0.25) is 9.48 Å². The van der Waals surface area contributed by atoms with Crippen LogP contribution in [0.4, 0.5) is 0 Å². The number of Topliss-reactive ketones (excluding diaryl/α,β-unsaturated/α-hetero) is 1. The standard InChI is InChI=1S/C14H22N2O/c1-16-11-13(10-15-16)9-14(17)8-7-12-5-3-2-4-6-12/h10-12H,2-9H2,1H3. The molecule has 3 heteroatoms. The van der Waals surface area contributed by atoms with Crippen LogP contribution in [0.25, 0.3) is 0 Å². The molecular formula is C14H22N2O. The molecule has 1 aromatic heterocycles. The van der Waals surface area contributed by atoms with Crippen LogP contribution < -0.4 is 0 Å². The van der Waals surface area contributed by atoms with Crippen molar-refractivity contribution < 1.29 is 4.79 Å². The molecule has 1 fully saturated rings. The molecule has 0 atom stereocenters. The van der Waals surface area contributed by atoms with Crippen LogP contribution in [0, 0.1) is 5.92 Å². The molecule has 17 heavy (non-hydrogen) atoms. The summed E-state index contributed by atoms with van der Waals surface area (Å²) < 4.78 is 1.75. The predicted molar refractivity (Wildman–Crippen MR) is 67.7 cm³/mol. The van der Waals surface area contributed by atoms with Gasteiger partial charge < -0.3 is 0 Å². The van der Waals surface area contributed by atoms with E-state index in [1.165, 1.54) is 32.1 Å². The smallest absolute Gasteiger partial charge is 0.137 e. The predicted octanol–water partition coefficient (Wildman–Crippen LogP) is 2.89. The van der Waals surface area contributed by atoms with E-state index in [1.807, 2.05) is 13.2 Å². The fraction of sp³-hybridized carbons (Fsp3) is 0.714. The molecule has 2 rings (SSSR count). The molecule has 1 saturated carbocycles. The highest BCUT2D eigenvalue weighted by molar-refractivity contribution is 5.80. The summed E-state index contributed by atoms with van der Waals surface area (Å²) in [6.45, 7) is 0. The molecular weight excluding hydrogens is 212 g/mol. The van der Waals surface area contributed by atoms with Gasteiger partial charge in [-0.25, -0.2) is 0 Å². The van der Waals surface area contributed by atoms with Gasteiger partial charge in [0.15, 0.2) is 0 Å². The first-order valence-corrected chi connectivity index (χ1v) is 6.73. The Labute approximate surface area is 103 Å². The molecule has 0 spiro atoms. The van der Waals surface area contributed by atoms with Crippen molar-refractivity contribution in [2.45, 2.75) is 51.4 Å². The van der Waals surface area contributed by atoms with Gasteiger partial charge in [0.05, 0.1) is 6.20 Å². The number of ketones is 1. The van der Waals surface area contributed by atoms with Crippen LogP contribution in [-0.4, -0.2) is 15.6 Å². The van der Waals surface area contributed by atoms with E-state index in [0.717, 1.165) is 24.3 Å². The molecule has 0 radical (unpaired) electrons. The third kappa shape index (κ3) is 3.99. The number of carbonyl (C=O) groups is 1. The summed E-state index contributed by atoms with van der Waals surface area (Å²) in [5.41, 5.74) is 1.04. The second kappa shape index (κ2) is 5.99. The number of nitrogens with zero attached hydrogens (tertiary/aromatic N) is 2. The number of hydrogen-bond donors (Lipinski definition) is 0. The second-order valence-electron chi connectivity index (χ2n) is 5.28. The molecule has 0 aliphatic heterocycles. The number of aryl methyl sites for hydroxylation is 1. The normalized spacial score (nSPS) is 17.2. The van der Waals surface area contributed by atoms with Gasteiger partial charge in [-0.05, 0) is 17.9 Å². The van der Waals surface area contributed by atoms with Crippen LogP contribution in [0.5, 0.6) is 0 Å². The highest BCUT2D eigenvalue weighted by Crippen LogP contribution is 2.27. The first-order chi connectivity index (χ1) is 8.24. The van der Waals surface area contributed by atoms with Gasteiger partial charge in [0.25, 0.3) is 0 Å². The monoisotopic (exact) mass is 234 g/mol. The summed E-state index contributed by atoms with van der Waals surface area (Å²) in [6, 6.07) is 0. The summed E-state index contributed by atoms with van der Waals surface area (Å²) in [5.74, 6) is 1.17. The third-order valence-electron chi connectivity index (χ3n) is 3.72. The van der Waals surface area contributed by atoms with Crippen molar-refractivity contribution in [1.82, 2.24) is 9.78 Å². The molecule has 0 saturated heterocycles. The Kier molecular flexibility index (Phi) is 4.35. The molecule has 1 heterocycles. The molecule has 94 valence electrons. The molecule has 0 N–H and O–H groups in total. The van der Waals surface area contributed by atoms with E-state index in [-0.39, 0.29) is 0 Å². The molecule has 0 unspecified atom stereocenters. The number of aromatic nitrogens is 2. The Balaban J connectivity index is 1.70. The Morgan fingerprint density at radius 2 is 2.18 bits per heavy atom. The first-order valence-electron chi connectivity index (χ1n) is 6.73. The maximum Gasteiger partial charge on any atom is 0.137 e. The average Bonchev–Trinajstić information content (AvgIpc) is 2.73. The highest BCUT2D eigenvalue weighted by Gasteiger charge is 2.15. The van der Waals surface area contributed by atoms with Crippen LogP contribution in [0.3, 0.4) is 0 Å². The van der Waals surface area contributed by atoms with E-state index in [4.69, 9.17) is 0 Å². The lowest BCUT2D eigenvalue weighted by molar-refractivity contribution is -0.118. The Morgan fingerprint density at radius 1 is 1.41 bits per heavy atom. The minimum absolute atomic E-state index is 0.364. The van der Waals surface area contributed by atoms with Gasteiger partial charge in [-0.1, -0.05) is 32.1 Å². The van der Waals surface area contributed by atoms with E-state index in [1.54, 1.807) is 10.9 Å². The summed E-state index contributed by atoms with van der Waals surface area (Å²) in [6.07, 6.45) is 12.9. The fourth-order valence-corrected chi connectivity index (χ4v) is 2.72. The minimum atomic E-state index is 0.364. The Hall–Kier alpha value is -1.12. The maximum absolute atomic E-state index is 11.8. The first kappa shape index (κ1) is 12.3. The van der Waals surface area contributed by atoms with Gasteiger partial charge in [0.2, 0.25) is 0 Å². The van der Waals surface area contributed by atoms with Crippen LogP contribution in [-0.2, 0) is 18.3 Å². The molecule has 1 aliphatic rings. The number of hydrogen-bond acceptors (Lipinski definition) is 2. The van der Waals surface area contributed by atoms with Crippen molar-refractivity contribution in [3.05, 3.63) is 18.0 Å². The third-order valence-corrected chi connectivity index (χ3v) is 3.72. The van der Waals surface area contributed by atoms with Gasteiger partial charge in [-0.15, -0.1) is 0 Å². The lowest BCUT2D eigenvalue weighted by atomic mass is 9.85. The Morgan fingerprint density at radius 3 is 2.82 bits per heavy atom. The van der Waals surface area contributed by atoms with E-state index in [2.05, 4.69) is 5.10 Å². The van der Waals surface area contributed by atoms with Gasteiger partial charge in [0, 0.05) is 26.1 Å². The summed E-state index contributed by atoms with van der Waals surface area (Å²) in [7, 11) is 1.88. The van der Waals surface area contributed by atoms with Crippen molar-refractivity contribution in [3.8, 4) is 0 Å². The van der Waals surface area contributed by atoms with Crippen LogP contribution in [0.2, 0.25) is 0 Å². The second-order valence-corrected chi connectivity index (χ2v) is 5.28. The molecule has 1 aromatic rings. The lowest BCUT2D eigenvalue weighted by Gasteiger charge is -2.20. The molecule has 1 aliphatic carbocycles. The van der Waals surface area contributed by atoms with Crippen LogP contribution >= 0.6 is 0 Å². The zero-order chi connectivity index (χ0) is 12.1. The molecule has 0 aromatic carbocycles. The van der Waals surface area contributed by atoms with Crippen LogP contribution in [0.1, 0.15) is 50.5 Å².